The second-order valence-electron chi connectivity index (χ2n) is 21.7. The fourth-order valence-corrected chi connectivity index (χ4v) is 12.2. The maximum atomic E-state index is 14.7. The highest BCUT2D eigenvalue weighted by molar-refractivity contribution is 7.15. The minimum absolute atomic E-state index is 0.0337. The summed E-state index contributed by atoms with van der Waals surface area (Å²) in [6, 6.07) is 12.3. The quantitative estimate of drug-likeness (QED) is 0.0334. The third-order valence-corrected chi connectivity index (χ3v) is 17.0. The second-order valence-corrected chi connectivity index (χ2v) is 24.2. The van der Waals surface area contributed by atoms with Crippen LogP contribution < -0.4 is 16.0 Å². The van der Waals surface area contributed by atoms with Gasteiger partial charge in [0.05, 0.1) is 73.8 Å². The standard InChI is InChI=1S/C59H74ClN9O10S2/c1-35-38(4)81-57-50(35)51(41-20-22-43(60)23-21-41)64-46(54-67-66-39(5)69(54)57)31-48(70)61-24-25-75-26-27-76-28-29-77-33-49(71)65-53(59(6,7)8)56(73)68-32-45(79-58(74)78-44-14-12-10-9-11-13-15-44)30-47(68)55(72)63-36(2)40-16-18-42(19-17-40)52-37(3)62-34-80-52/h12,14,16-23,34,36,44-47,53H,9-11,13,15,24-33H2,1-8H3,(H,61,70)(H,63,72)(H,65,71)/b14-12+/t36-,44?,45+,46?,47-,53+/m0/s1. The van der Waals surface area contributed by atoms with Gasteiger partial charge >= 0.3 is 6.16 Å². The fraction of sp³-hybridized carbons (Fsp3) is 0.508. The van der Waals surface area contributed by atoms with Gasteiger partial charge in [-0.3, -0.25) is 28.7 Å². The first-order valence-corrected chi connectivity index (χ1v) is 29.7. The van der Waals surface area contributed by atoms with E-state index in [1.54, 1.807) is 22.7 Å². The van der Waals surface area contributed by atoms with Gasteiger partial charge in [0.2, 0.25) is 23.6 Å². The van der Waals surface area contributed by atoms with E-state index >= 15 is 0 Å². The predicted octanol–water partition coefficient (Wildman–Crippen LogP) is 9.21. The number of allylic oxidation sites excluding steroid dienone is 1. The molecule has 434 valence electrons. The third-order valence-electron chi connectivity index (χ3n) is 14.5. The molecule has 0 saturated carbocycles. The van der Waals surface area contributed by atoms with Crippen LogP contribution in [0.4, 0.5) is 4.79 Å². The zero-order chi connectivity index (χ0) is 57.8. The molecule has 81 heavy (non-hydrogen) atoms. The van der Waals surface area contributed by atoms with Gasteiger partial charge in [0.25, 0.3) is 0 Å². The van der Waals surface area contributed by atoms with E-state index in [2.05, 4.69) is 45.0 Å². The summed E-state index contributed by atoms with van der Waals surface area (Å²) < 4.78 is 30.5. The highest BCUT2D eigenvalue weighted by atomic mass is 35.5. The number of aliphatic imine (C=N–C) groups is 1. The predicted molar refractivity (Wildman–Crippen MR) is 311 cm³/mol. The fourth-order valence-electron chi connectivity index (χ4n) is 10.0. The normalized spacial score (nSPS) is 19.2. The van der Waals surface area contributed by atoms with Crippen molar-refractivity contribution in [3.8, 4) is 15.4 Å². The van der Waals surface area contributed by atoms with Crippen LogP contribution in [0.5, 0.6) is 0 Å². The van der Waals surface area contributed by atoms with Gasteiger partial charge in [0, 0.05) is 34.0 Å². The summed E-state index contributed by atoms with van der Waals surface area (Å²) in [5, 5.41) is 19.3. The number of thiophene rings is 1. The highest BCUT2D eigenvalue weighted by Crippen LogP contribution is 2.40. The number of rotatable bonds is 22. The molecule has 6 atom stereocenters. The summed E-state index contributed by atoms with van der Waals surface area (Å²) in [6.07, 6.45) is 6.48. The molecule has 8 rings (SSSR count). The molecule has 1 saturated heterocycles. The molecular formula is C59H74ClN9O10S2. The smallest absolute Gasteiger partial charge is 0.429 e. The number of hydrogen-bond acceptors (Lipinski definition) is 16. The third kappa shape index (κ3) is 15.8. The van der Waals surface area contributed by atoms with Crippen LogP contribution in [0.3, 0.4) is 0 Å². The lowest BCUT2D eigenvalue weighted by Gasteiger charge is -2.35. The molecule has 22 heteroatoms. The van der Waals surface area contributed by atoms with Gasteiger partial charge in [0.1, 0.15) is 47.8 Å². The van der Waals surface area contributed by atoms with Crippen molar-refractivity contribution in [2.24, 2.45) is 10.4 Å². The minimum Gasteiger partial charge on any atom is -0.429 e. The number of ether oxygens (including phenoxy) is 5. The number of aryl methyl sites for hydroxylation is 3. The first kappa shape index (κ1) is 60.7. The number of nitrogens with zero attached hydrogens (tertiary/aromatic N) is 6. The molecule has 3 aromatic heterocycles. The highest BCUT2D eigenvalue weighted by Gasteiger charge is 2.46. The molecule has 5 heterocycles. The first-order valence-electron chi connectivity index (χ1n) is 27.7. The first-order chi connectivity index (χ1) is 38.9. The molecule has 2 unspecified atom stereocenters. The summed E-state index contributed by atoms with van der Waals surface area (Å²) in [5.74, 6) is -0.368. The van der Waals surface area contributed by atoms with Crippen LogP contribution in [0, 0.1) is 33.1 Å². The minimum atomic E-state index is -1.07. The van der Waals surface area contributed by atoms with Crippen LogP contribution in [-0.4, -0.2) is 137 Å². The van der Waals surface area contributed by atoms with Gasteiger partial charge in [-0.05, 0) is 101 Å². The van der Waals surface area contributed by atoms with Crippen LogP contribution >= 0.6 is 34.3 Å². The average molecular weight is 1170 g/mol. The summed E-state index contributed by atoms with van der Waals surface area (Å²) in [6.45, 7) is 16.2. The molecule has 2 aliphatic heterocycles. The molecule has 3 N–H and O–H groups in total. The van der Waals surface area contributed by atoms with Crippen molar-refractivity contribution >= 4 is 69.8 Å². The van der Waals surface area contributed by atoms with Gasteiger partial charge in [-0.1, -0.05) is 81.3 Å². The Balaban J connectivity index is 0.782. The van der Waals surface area contributed by atoms with E-state index in [4.69, 9.17) is 40.3 Å². The Labute approximate surface area is 486 Å². The second kappa shape index (κ2) is 28.1. The number of nitrogens with one attached hydrogen (secondary N) is 3. The van der Waals surface area contributed by atoms with Crippen LogP contribution in [-0.2, 0) is 42.9 Å². The molecule has 5 aromatic rings. The van der Waals surface area contributed by atoms with Gasteiger partial charge in [-0.2, -0.15) is 0 Å². The van der Waals surface area contributed by atoms with Crippen LogP contribution in [0.25, 0.3) is 15.4 Å². The SMILES string of the molecule is Cc1ncsc1-c1ccc([C@H](C)NC(=O)[C@@H]2C[C@@H](OC(=O)OC3/C=C/CCCCC3)CN2C(=O)[C@@H](NC(=O)COCCOCCOCCNC(=O)CC2N=C(c3ccc(Cl)cc3)c3c(sc(C)c3C)-n3c(C)nnc32)C(C)(C)C)cc1. The van der Waals surface area contributed by atoms with Crippen LogP contribution in [0.2, 0.25) is 5.02 Å². The molecule has 0 radical (unpaired) electrons. The molecule has 4 amide bonds. The van der Waals surface area contributed by atoms with E-state index in [-0.39, 0.29) is 71.5 Å². The molecule has 0 spiro atoms. The zero-order valence-electron chi connectivity index (χ0n) is 47.4. The number of likely N-dealkylation sites (tertiary alicyclic amines) is 1. The van der Waals surface area contributed by atoms with E-state index in [9.17, 15) is 24.0 Å². The maximum absolute atomic E-state index is 14.7. The molecule has 19 nitrogen and oxygen atoms in total. The number of halogens is 1. The number of thiazole rings is 1. The van der Waals surface area contributed by atoms with Crippen LogP contribution in [0.1, 0.15) is 129 Å². The van der Waals surface area contributed by atoms with Gasteiger partial charge in [-0.25, -0.2) is 9.78 Å². The van der Waals surface area contributed by atoms with Gasteiger partial charge < -0.3 is 44.5 Å². The lowest BCUT2D eigenvalue weighted by atomic mass is 9.85. The Morgan fingerprint density at radius 2 is 1.56 bits per heavy atom. The van der Waals surface area contributed by atoms with Crippen molar-refractivity contribution in [2.75, 3.05) is 52.7 Å². The van der Waals surface area contributed by atoms with E-state index < -0.39 is 65.7 Å². The maximum Gasteiger partial charge on any atom is 0.509 e. The Kier molecular flexibility index (Phi) is 21.1. The van der Waals surface area contributed by atoms with Crippen molar-refractivity contribution in [3.05, 3.63) is 116 Å². The number of carbonyl (C=O) groups is 5. The summed E-state index contributed by atoms with van der Waals surface area (Å²) in [4.78, 5) is 82.0. The van der Waals surface area contributed by atoms with Crippen molar-refractivity contribution in [3.63, 3.8) is 0 Å². The van der Waals surface area contributed by atoms with Crippen molar-refractivity contribution in [2.45, 2.75) is 137 Å². The van der Waals surface area contributed by atoms with Crippen molar-refractivity contribution in [1.82, 2.24) is 40.6 Å². The molecule has 0 bridgehead atoms. The number of amides is 4. The van der Waals surface area contributed by atoms with Crippen LogP contribution in [0.15, 0.2) is 71.2 Å². The van der Waals surface area contributed by atoms with Gasteiger partial charge in [-0.15, -0.1) is 32.9 Å². The summed E-state index contributed by atoms with van der Waals surface area (Å²) in [5.41, 5.74) is 7.59. The topological polar surface area (TPSA) is 227 Å². The average Bonchev–Trinajstić information content (AvgIpc) is 3.95. The zero-order valence-corrected chi connectivity index (χ0v) is 49.8. The molecule has 1 fully saturated rings. The molecule has 1 aliphatic carbocycles. The number of carbonyl (C=O) groups excluding carboxylic acids is 5. The van der Waals surface area contributed by atoms with Gasteiger partial charge in [0.15, 0.2) is 5.82 Å². The summed E-state index contributed by atoms with van der Waals surface area (Å²) >= 11 is 9.46. The molecule has 2 aromatic carbocycles. The lowest BCUT2D eigenvalue weighted by Crippen LogP contribution is -2.58. The number of aromatic nitrogens is 4. The van der Waals surface area contributed by atoms with E-state index in [1.165, 1.54) is 4.90 Å². The number of hydrogen-bond donors (Lipinski definition) is 3. The molecular weight excluding hydrogens is 1090 g/mol. The Bertz CT molecular complexity index is 3060. The van der Waals surface area contributed by atoms with Crippen molar-refractivity contribution < 1.29 is 47.7 Å². The molecule has 3 aliphatic rings. The van der Waals surface area contributed by atoms with E-state index in [0.29, 0.717) is 23.1 Å². The van der Waals surface area contributed by atoms with E-state index in [1.807, 2.05) is 112 Å². The van der Waals surface area contributed by atoms with E-state index in [0.717, 1.165) is 79.7 Å². The monoisotopic (exact) mass is 1170 g/mol. The van der Waals surface area contributed by atoms with Crippen molar-refractivity contribution in [1.29, 1.82) is 0 Å². The Hall–Kier alpha value is -6.36. The Morgan fingerprint density at radius 3 is 2.27 bits per heavy atom. The number of fused-ring (bicyclic) bond motifs is 3. The lowest BCUT2D eigenvalue weighted by molar-refractivity contribution is -0.144. The summed E-state index contributed by atoms with van der Waals surface area (Å²) in [7, 11) is 0. The largest absolute Gasteiger partial charge is 0.509 e. The Morgan fingerprint density at radius 1 is 0.840 bits per heavy atom. The number of benzene rings is 2.